The molecule has 3 heteroatoms. The van der Waals surface area contributed by atoms with E-state index in [0.717, 1.165) is 23.4 Å². The Morgan fingerprint density at radius 3 is 2.29 bits per heavy atom. The van der Waals surface area contributed by atoms with E-state index in [1.54, 1.807) is 0 Å². The summed E-state index contributed by atoms with van der Waals surface area (Å²) in [6.07, 6.45) is 7.65. The number of hydrogen-bond acceptors (Lipinski definition) is 2. The average Bonchev–Trinajstić information content (AvgIpc) is 2.59. The van der Waals surface area contributed by atoms with Gasteiger partial charge >= 0.3 is 0 Å². The molecule has 1 aromatic carbocycles. The maximum atomic E-state index is 4.74. The van der Waals surface area contributed by atoms with Crippen LogP contribution in [-0.4, -0.2) is 14.4 Å². The third-order valence-corrected chi connectivity index (χ3v) is 6.61. The van der Waals surface area contributed by atoms with Gasteiger partial charge in [-0.25, -0.2) is 0 Å². The van der Waals surface area contributed by atoms with Gasteiger partial charge in [0.25, 0.3) is 0 Å². The van der Waals surface area contributed by atoms with Gasteiger partial charge in [-0.15, -0.1) is 0 Å². The van der Waals surface area contributed by atoms with E-state index in [0.29, 0.717) is 0 Å². The van der Waals surface area contributed by atoms with E-state index < -0.39 is 0 Å². The first-order valence-corrected chi connectivity index (χ1v) is 10.2. The highest BCUT2D eigenvalue weighted by molar-refractivity contribution is 14.1. The van der Waals surface area contributed by atoms with Crippen molar-refractivity contribution in [1.29, 1.82) is 0 Å². The number of hydrogen-bond donors (Lipinski definition) is 0. The molecule has 0 amide bonds. The first-order valence-electron chi connectivity index (χ1n) is 8.72. The van der Waals surface area contributed by atoms with Crippen molar-refractivity contribution in [3.05, 3.63) is 46.8 Å². The first kappa shape index (κ1) is 17.6. The highest BCUT2D eigenvalue weighted by Crippen LogP contribution is 2.30. The Bertz CT molecular complexity index is 886. The molecule has 0 unspecified atom stereocenters. The molecule has 0 saturated carbocycles. The Hall–Kier alpha value is -1.23. The molecular weight excluding hydrogens is 407 g/mol. The van der Waals surface area contributed by atoms with E-state index in [1.165, 1.54) is 50.3 Å². The number of fused-ring (bicyclic) bond motifs is 3. The molecule has 3 aromatic rings. The minimum absolute atomic E-state index is 0.798. The summed E-state index contributed by atoms with van der Waals surface area (Å²) in [6, 6.07) is 4.48. The van der Waals surface area contributed by atoms with E-state index in [4.69, 9.17) is 9.97 Å². The molecule has 0 radical (unpaired) electrons. The molecule has 0 aliphatic heterocycles. The van der Waals surface area contributed by atoms with Crippen LogP contribution >= 0.6 is 22.6 Å². The van der Waals surface area contributed by atoms with Crippen LogP contribution < -0.4 is 0 Å². The Kier molecular flexibility index (Phi) is 5.38. The molecule has 1 atom stereocenters. The molecule has 0 fully saturated rings. The third-order valence-electron chi connectivity index (χ3n) is 5.11. The maximum Gasteiger partial charge on any atom is 0.0967 e. The molecule has 0 N–H and O–H groups in total. The summed E-state index contributed by atoms with van der Waals surface area (Å²) < 4.78 is 1.24. The van der Waals surface area contributed by atoms with Crippen LogP contribution in [-0.2, 0) is 6.42 Å². The summed E-state index contributed by atoms with van der Waals surface area (Å²) in [5.74, 6) is 0.798. The lowest BCUT2D eigenvalue weighted by atomic mass is 9.95. The van der Waals surface area contributed by atoms with Crippen molar-refractivity contribution in [2.24, 2.45) is 5.92 Å². The van der Waals surface area contributed by atoms with Crippen LogP contribution in [0.15, 0.2) is 24.5 Å². The largest absolute Gasteiger partial charge is 0.254 e. The molecule has 126 valence electrons. The Labute approximate surface area is 158 Å². The topological polar surface area (TPSA) is 25.8 Å². The fraction of sp³-hybridized carbons (Fsp3) is 0.429. The summed E-state index contributed by atoms with van der Waals surface area (Å²) in [5, 5.41) is 2.50. The molecular formula is C21H25IN2. The minimum Gasteiger partial charge on any atom is -0.254 e. The number of benzene rings is 1. The van der Waals surface area contributed by atoms with E-state index in [-0.39, 0.29) is 0 Å². The van der Waals surface area contributed by atoms with Gasteiger partial charge < -0.3 is 0 Å². The zero-order chi connectivity index (χ0) is 17.3. The lowest BCUT2D eigenvalue weighted by Crippen LogP contribution is -2.00. The van der Waals surface area contributed by atoms with Crippen LogP contribution in [0.25, 0.3) is 21.8 Å². The lowest BCUT2D eigenvalue weighted by molar-refractivity contribution is 0.570. The second-order valence-electron chi connectivity index (χ2n) is 7.00. The summed E-state index contributed by atoms with van der Waals surface area (Å²) >= 11 is 2.49. The van der Waals surface area contributed by atoms with E-state index >= 15 is 0 Å². The van der Waals surface area contributed by atoms with Crippen molar-refractivity contribution in [1.82, 2.24) is 9.97 Å². The maximum absolute atomic E-state index is 4.74. The molecule has 0 spiro atoms. The van der Waals surface area contributed by atoms with Crippen LogP contribution in [0.5, 0.6) is 0 Å². The Morgan fingerprint density at radius 2 is 1.58 bits per heavy atom. The van der Waals surface area contributed by atoms with Crippen LogP contribution in [0, 0.1) is 26.7 Å². The van der Waals surface area contributed by atoms with Gasteiger partial charge in [0.15, 0.2) is 0 Å². The summed E-state index contributed by atoms with van der Waals surface area (Å²) in [6.45, 7) is 8.81. The highest BCUT2D eigenvalue weighted by atomic mass is 127. The van der Waals surface area contributed by atoms with Gasteiger partial charge in [-0.2, -0.15) is 0 Å². The van der Waals surface area contributed by atoms with Crippen molar-refractivity contribution < 1.29 is 0 Å². The summed E-state index contributed by atoms with van der Waals surface area (Å²) in [7, 11) is 0. The monoisotopic (exact) mass is 432 g/mol. The zero-order valence-corrected chi connectivity index (χ0v) is 17.1. The minimum atomic E-state index is 0.798. The highest BCUT2D eigenvalue weighted by Gasteiger charge is 2.12. The van der Waals surface area contributed by atoms with Gasteiger partial charge in [0.1, 0.15) is 0 Å². The zero-order valence-electron chi connectivity index (χ0n) is 15.0. The van der Waals surface area contributed by atoms with Gasteiger partial charge in [-0.05, 0) is 68.2 Å². The lowest BCUT2D eigenvalue weighted by Gasteiger charge is -2.13. The van der Waals surface area contributed by atoms with Gasteiger partial charge in [0.05, 0.1) is 11.0 Å². The van der Waals surface area contributed by atoms with Crippen molar-refractivity contribution in [2.75, 3.05) is 4.43 Å². The molecule has 24 heavy (non-hydrogen) atoms. The van der Waals surface area contributed by atoms with Crippen molar-refractivity contribution in [3.8, 4) is 0 Å². The number of halogens is 1. The standard InChI is InChI=1S/C21H25IN2/c1-13(10-22)6-5-7-17-15(3)12-24-21-19(17)9-8-18-16(4)14(2)11-23-20(18)21/h8-9,11-13H,5-7,10H2,1-4H3/t13-/m1/s1. The Balaban J connectivity index is 2.08. The number of rotatable bonds is 5. The van der Waals surface area contributed by atoms with Gasteiger partial charge in [0.2, 0.25) is 0 Å². The molecule has 3 rings (SSSR count). The van der Waals surface area contributed by atoms with Crippen molar-refractivity contribution in [3.63, 3.8) is 0 Å². The number of aryl methyl sites for hydroxylation is 4. The summed E-state index contributed by atoms with van der Waals surface area (Å²) in [5.41, 5.74) is 7.38. The molecule has 0 saturated heterocycles. The number of nitrogens with zero attached hydrogens (tertiary/aromatic N) is 2. The number of aromatic nitrogens is 2. The van der Waals surface area contributed by atoms with E-state index in [9.17, 15) is 0 Å². The first-order chi connectivity index (χ1) is 11.5. The summed E-state index contributed by atoms with van der Waals surface area (Å²) in [4.78, 5) is 9.43. The molecule has 0 bridgehead atoms. The van der Waals surface area contributed by atoms with Crippen LogP contribution in [0.3, 0.4) is 0 Å². The number of pyridine rings is 2. The molecule has 2 nitrogen and oxygen atoms in total. The number of alkyl halides is 1. The predicted octanol–water partition coefficient (Wildman–Crippen LogP) is 6.10. The SMILES string of the molecule is Cc1cnc2c(ccc3c(CCC[C@@H](C)CI)c(C)cnc32)c1C. The van der Waals surface area contributed by atoms with Gasteiger partial charge in [-0.1, -0.05) is 41.6 Å². The second-order valence-corrected chi connectivity index (χ2v) is 7.88. The molecule has 2 heterocycles. The van der Waals surface area contributed by atoms with Crippen molar-refractivity contribution in [2.45, 2.75) is 47.0 Å². The normalized spacial score (nSPS) is 12.9. The third kappa shape index (κ3) is 3.28. The van der Waals surface area contributed by atoms with E-state index in [2.05, 4.69) is 62.4 Å². The van der Waals surface area contributed by atoms with Gasteiger partial charge in [-0.3, -0.25) is 9.97 Å². The molecule has 2 aromatic heterocycles. The second kappa shape index (κ2) is 7.34. The van der Waals surface area contributed by atoms with Crippen molar-refractivity contribution >= 4 is 44.4 Å². The van der Waals surface area contributed by atoms with Crippen LogP contribution in [0.1, 0.15) is 42.0 Å². The fourth-order valence-electron chi connectivity index (χ4n) is 3.35. The Morgan fingerprint density at radius 1 is 0.958 bits per heavy atom. The smallest absolute Gasteiger partial charge is 0.0967 e. The van der Waals surface area contributed by atoms with E-state index in [1.807, 2.05) is 12.4 Å². The van der Waals surface area contributed by atoms with Crippen LogP contribution in [0.2, 0.25) is 0 Å². The molecule has 0 aliphatic carbocycles. The van der Waals surface area contributed by atoms with Gasteiger partial charge in [0, 0.05) is 27.6 Å². The average molecular weight is 432 g/mol. The fourth-order valence-corrected chi connectivity index (χ4v) is 3.79. The predicted molar refractivity (Wildman–Crippen MR) is 112 cm³/mol. The molecule has 0 aliphatic rings. The van der Waals surface area contributed by atoms with Crippen LogP contribution in [0.4, 0.5) is 0 Å². The quantitative estimate of drug-likeness (QED) is 0.277.